The Morgan fingerprint density at radius 3 is 2.50 bits per heavy atom. The van der Waals surface area contributed by atoms with Gasteiger partial charge in [-0.05, 0) is 36.6 Å². The molecule has 0 saturated carbocycles. The Hall–Kier alpha value is -1.98. The minimum atomic E-state index is 0.0569. The van der Waals surface area contributed by atoms with Gasteiger partial charge in [0.1, 0.15) is 0 Å². The number of carbonyl (C=O) groups is 1. The van der Waals surface area contributed by atoms with E-state index in [2.05, 4.69) is 39.4 Å². The quantitative estimate of drug-likeness (QED) is 0.848. The minimum absolute atomic E-state index is 0.0569. The van der Waals surface area contributed by atoms with E-state index in [0.717, 1.165) is 36.8 Å². The number of carbonyl (C=O) groups excluding carboxylic acids is 1. The summed E-state index contributed by atoms with van der Waals surface area (Å²) < 4.78 is 0. The van der Waals surface area contributed by atoms with Crippen molar-refractivity contribution in [1.29, 1.82) is 0 Å². The largest absolute Gasteiger partial charge is 0.369 e. The number of benzene rings is 2. The summed E-state index contributed by atoms with van der Waals surface area (Å²) in [5.41, 5.74) is 2.13. The predicted octanol–water partition coefficient (Wildman–Crippen LogP) is 3.17. The molecule has 1 amide bonds. The Balaban J connectivity index is 1.48. The second kappa shape index (κ2) is 8.22. The minimum Gasteiger partial charge on any atom is -0.369 e. The highest BCUT2D eigenvalue weighted by Gasteiger charge is 2.19. The lowest BCUT2D eigenvalue weighted by molar-refractivity contribution is -0.117. The number of nitrogens with one attached hydrogen (secondary N) is 1. The van der Waals surface area contributed by atoms with Crippen molar-refractivity contribution >= 4 is 29.0 Å². The monoisotopic (exact) mass is 341 g/mol. The van der Waals surface area contributed by atoms with Crippen LogP contribution in [0.15, 0.2) is 59.5 Å². The van der Waals surface area contributed by atoms with Crippen LogP contribution in [0.2, 0.25) is 0 Å². The third kappa shape index (κ3) is 4.52. The van der Waals surface area contributed by atoms with E-state index < -0.39 is 0 Å². The summed E-state index contributed by atoms with van der Waals surface area (Å²) in [6, 6.07) is 18.4. The number of nitrogens with zero attached hydrogens (tertiary/aromatic N) is 2. The molecule has 0 atom stereocenters. The van der Waals surface area contributed by atoms with Gasteiger partial charge in [0, 0.05) is 42.4 Å². The highest BCUT2D eigenvalue weighted by molar-refractivity contribution is 7.98. The van der Waals surface area contributed by atoms with E-state index in [1.165, 1.54) is 5.69 Å². The number of piperazine rings is 1. The zero-order valence-corrected chi connectivity index (χ0v) is 14.8. The Morgan fingerprint density at radius 1 is 1.04 bits per heavy atom. The molecule has 1 heterocycles. The summed E-state index contributed by atoms with van der Waals surface area (Å²) in [4.78, 5) is 18.0. The van der Waals surface area contributed by atoms with Crippen LogP contribution in [0.5, 0.6) is 0 Å². The van der Waals surface area contributed by atoms with Crippen molar-refractivity contribution in [2.75, 3.05) is 49.2 Å². The molecule has 2 aromatic carbocycles. The standard InChI is InChI=1S/C19H23N3OS/c1-24-18-9-5-6-16(14-18)20-19(23)15-21-10-12-22(13-11-21)17-7-3-2-4-8-17/h2-9,14H,10-13,15H2,1H3,(H,20,23). The van der Waals surface area contributed by atoms with Crippen LogP contribution in [0, 0.1) is 0 Å². The van der Waals surface area contributed by atoms with Crippen molar-refractivity contribution in [1.82, 2.24) is 4.90 Å². The summed E-state index contributed by atoms with van der Waals surface area (Å²) in [6.07, 6.45) is 2.03. The Labute approximate surface area is 147 Å². The lowest BCUT2D eigenvalue weighted by Crippen LogP contribution is -2.48. The maximum atomic E-state index is 12.3. The van der Waals surface area contributed by atoms with Crippen LogP contribution in [0.25, 0.3) is 0 Å². The SMILES string of the molecule is CSc1cccc(NC(=O)CN2CCN(c3ccccc3)CC2)c1. The van der Waals surface area contributed by atoms with Crippen LogP contribution in [-0.2, 0) is 4.79 Å². The first-order valence-corrected chi connectivity index (χ1v) is 9.43. The zero-order chi connectivity index (χ0) is 16.8. The Kier molecular flexibility index (Phi) is 5.77. The first kappa shape index (κ1) is 16.9. The number of amides is 1. The maximum absolute atomic E-state index is 12.3. The smallest absolute Gasteiger partial charge is 0.238 e. The third-order valence-corrected chi connectivity index (χ3v) is 4.94. The number of hydrogen-bond acceptors (Lipinski definition) is 4. The van der Waals surface area contributed by atoms with Crippen molar-refractivity contribution in [2.24, 2.45) is 0 Å². The highest BCUT2D eigenvalue weighted by atomic mass is 32.2. The van der Waals surface area contributed by atoms with Gasteiger partial charge in [0.2, 0.25) is 5.91 Å². The van der Waals surface area contributed by atoms with E-state index in [1.807, 2.05) is 36.6 Å². The number of hydrogen-bond donors (Lipinski definition) is 1. The van der Waals surface area contributed by atoms with Gasteiger partial charge in [-0.15, -0.1) is 11.8 Å². The summed E-state index contributed by atoms with van der Waals surface area (Å²) in [5, 5.41) is 3.00. The van der Waals surface area contributed by atoms with Crippen molar-refractivity contribution in [3.8, 4) is 0 Å². The van der Waals surface area contributed by atoms with Crippen molar-refractivity contribution in [3.63, 3.8) is 0 Å². The maximum Gasteiger partial charge on any atom is 0.238 e. The summed E-state index contributed by atoms with van der Waals surface area (Å²) in [6.45, 7) is 4.19. The molecule has 1 N–H and O–H groups in total. The number of anilines is 2. The zero-order valence-electron chi connectivity index (χ0n) is 13.9. The fourth-order valence-corrected chi connectivity index (χ4v) is 3.37. The molecule has 0 bridgehead atoms. The molecule has 1 fully saturated rings. The fraction of sp³-hybridized carbons (Fsp3) is 0.316. The third-order valence-electron chi connectivity index (χ3n) is 4.21. The topological polar surface area (TPSA) is 35.6 Å². The van der Waals surface area contributed by atoms with Crippen molar-refractivity contribution < 1.29 is 4.79 Å². The van der Waals surface area contributed by atoms with Gasteiger partial charge < -0.3 is 10.2 Å². The molecule has 126 valence electrons. The number of thioether (sulfide) groups is 1. The molecular weight excluding hydrogens is 318 g/mol. The molecule has 0 radical (unpaired) electrons. The van der Waals surface area contributed by atoms with Crippen molar-refractivity contribution in [3.05, 3.63) is 54.6 Å². The fourth-order valence-electron chi connectivity index (χ4n) is 2.91. The Bertz CT molecular complexity index is 669. The summed E-state index contributed by atoms with van der Waals surface area (Å²) >= 11 is 1.68. The van der Waals surface area contributed by atoms with E-state index in [4.69, 9.17) is 0 Å². The van der Waals surface area contributed by atoms with Gasteiger partial charge in [0.15, 0.2) is 0 Å². The number of para-hydroxylation sites is 1. The van der Waals surface area contributed by atoms with E-state index in [9.17, 15) is 4.79 Å². The average molecular weight is 341 g/mol. The highest BCUT2D eigenvalue weighted by Crippen LogP contribution is 2.19. The normalized spacial score (nSPS) is 15.3. The van der Waals surface area contributed by atoms with E-state index in [-0.39, 0.29) is 5.91 Å². The van der Waals surface area contributed by atoms with Gasteiger partial charge in [0.05, 0.1) is 6.54 Å². The van der Waals surface area contributed by atoms with E-state index in [0.29, 0.717) is 6.54 Å². The van der Waals surface area contributed by atoms with Crippen LogP contribution >= 0.6 is 11.8 Å². The molecule has 1 saturated heterocycles. The predicted molar refractivity (Wildman–Crippen MR) is 102 cm³/mol. The molecule has 0 unspecified atom stereocenters. The molecule has 0 spiro atoms. The first-order chi connectivity index (χ1) is 11.7. The van der Waals surface area contributed by atoms with Gasteiger partial charge in [-0.3, -0.25) is 9.69 Å². The van der Waals surface area contributed by atoms with E-state index in [1.54, 1.807) is 11.8 Å². The molecule has 1 aliphatic heterocycles. The van der Waals surface area contributed by atoms with Gasteiger partial charge in [0.25, 0.3) is 0 Å². The molecule has 24 heavy (non-hydrogen) atoms. The second-order valence-corrected chi connectivity index (χ2v) is 6.76. The van der Waals surface area contributed by atoms with Crippen LogP contribution < -0.4 is 10.2 Å². The van der Waals surface area contributed by atoms with E-state index >= 15 is 0 Å². The molecule has 2 aromatic rings. The van der Waals surface area contributed by atoms with Crippen LogP contribution in [-0.4, -0.2) is 49.8 Å². The van der Waals surface area contributed by atoms with Crippen LogP contribution in [0.4, 0.5) is 11.4 Å². The molecule has 0 aromatic heterocycles. The van der Waals surface area contributed by atoms with Gasteiger partial charge >= 0.3 is 0 Å². The lowest BCUT2D eigenvalue weighted by atomic mass is 10.2. The summed E-state index contributed by atoms with van der Waals surface area (Å²) in [7, 11) is 0. The summed E-state index contributed by atoms with van der Waals surface area (Å²) in [5.74, 6) is 0.0569. The molecule has 5 heteroatoms. The van der Waals surface area contributed by atoms with Crippen LogP contribution in [0.1, 0.15) is 0 Å². The molecular formula is C19H23N3OS. The Morgan fingerprint density at radius 2 is 1.79 bits per heavy atom. The van der Waals surface area contributed by atoms with Gasteiger partial charge in [-0.2, -0.15) is 0 Å². The number of rotatable bonds is 5. The van der Waals surface area contributed by atoms with Crippen LogP contribution in [0.3, 0.4) is 0 Å². The average Bonchev–Trinajstić information content (AvgIpc) is 2.63. The molecule has 1 aliphatic rings. The lowest BCUT2D eigenvalue weighted by Gasteiger charge is -2.35. The van der Waals surface area contributed by atoms with Crippen molar-refractivity contribution in [2.45, 2.75) is 4.90 Å². The molecule has 4 nitrogen and oxygen atoms in total. The van der Waals surface area contributed by atoms with Gasteiger partial charge in [-0.1, -0.05) is 24.3 Å². The molecule has 0 aliphatic carbocycles. The molecule has 3 rings (SSSR count). The first-order valence-electron chi connectivity index (χ1n) is 8.21. The second-order valence-electron chi connectivity index (χ2n) is 5.88. The van der Waals surface area contributed by atoms with Gasteiger partial charge in [-0.25, -0.2) is 0 Å².